The second-order valence-corrected chi connectivity index (χ2v) is 2.85. The van der Waals surface area contributed by atoms with Gasteiger partial charge >= 0.3 is 5.97 Å². The topological polar surface area (TPSA) is 93.8 Å². The van der Waals surface area contributed by atoms with Crippen LogP contribution in [0.2, 0.25) is 0 Å². The number of aromatic carboxylic acids is 1. The lowest BCUT2D eigenvalue weighted by Gasteiger charge is -1.87. The number of rotatable bonds is 2. The quantitative estimate of drug-likeness (QED) is 0.717. The largest absolute Gasteiger partial charge is 0.475 e. The fraction of sp³-hybridized carbons (Fsp3) is 0. The number of carboxylic acids is 1. The number of carboxylic acid groups (broad SMARTS) is 1. The van der Waals surface area contributed by atoms with Crippen molar-refractivity contribution >= 4 is 17.3 Å². The van der Waals surface area contributed by atoms with Crippen molar-refractivity contribution < 1.29 is 9.90 Å². The highest BCUT2D eigenvalue weighted by atomic mass is 32.1. The molecule has 2 rings (SSSR count). The molecule has 0 spiro atoms. The average Bonchev–Trinajstić information content (AvgIpc) is 2.75. The Hall–Kier alpha value is -1.83. The molecule has 0 aliphatic rings. The van der Waals surface area contributed by atoms with Gasteiger partial charge in [-0.25, -0.2) is 9.78 Å². The van der Waals surface area contributed by atoms with Gasteiger partial charge in [0, 0.05) is 0 Å². The Labute approximate surface area is 75.7 Å². The fourth-order valence-electron chi connectivity index (χ4n) is 0.720. The van der Waals surface area contributed by atoms with Crippen molar-refractivity contribution in [3.05, 3.63) is 17.7 Å². The smallest absolute Gasteiger partial charge is 0.375 e. The van der Waals surface area contributed by atoms with E-state index in [4.69, 9.17) is 5.11 Å². The molecule has 0 atom stereocenters. The molecular formula is C5H3N5O2S. The van der Waals surface area contributed by atoms with E-state index in [-0.39, 0.29) is 5.82 Å². The van der Waals surface area contributed by atoms with Crippen LogP contribution in [0.4, 0.5) is 0 Å². The molecule has 8 heteroatoms. The Morgan fingerprint density at radius 2 is 2.46 bits per heavy atom. The summed E-state index contributed by atoms with van der Waals surface area (Å²) in [6, 6.07) is 0. The van der Waals surface area contributed by atoms with Crippen LogP contribution in [0.1, 0.15) is 10.6 Å². The van der Waals surface area contributed by atoms with E-state index < -0.39 is 5.97 Å². The van der Waals surface area contributed by atoms with Gasteiger partial charge in [0.1, 0.15) is 11.8 Å². The van der Waals surface area contributed by atoms with Crippen molar-refractivity contribution in [1.29, 1.82) is 0 Å². The minimum atomic E-state index is -1.16. The molecule has 0 aliphatic heterocycles. The summed E-state index contributed by atoms with van der Waals surface area (Å²) in [5.41, 5.74) is 1.53. The lowest BCUT2D eigenvalue weighted by Crippen LogP contribution is -2.01. The van der Waals surface area contributed by atoms with Gasteiger partial charge in [0.05, 0.1) is 0 Å². The Morgan fingerprint density at radius 3 is 3.00 bits per heavy atom. The van der Waals surface area contributed by atoms with Gasteiger partial charge in [0.2, 0.25) is 5.13 Å². The first-order chi connectivity index (χ1) is 6.27. The molecule has 7 nitrogen and oxygen atoms in total. The number of nitrogens with zero attached hydrogens (tertiary/aromatic N) is 5. The van der Waals surface area contributed by atoms with E-state index in [1.165, 1.54) is 27.9 Å². The lowest BCUT2D eigenvalue weighted by atomic mass is 10.7. The highest BCUT2D eigenvalue weighted by Gasteiger charge is 2.10. The Balaban J connectivity index is 2.39. The molecule has 0 aliphatic carbocycles. The highest BCUT2D eigenvalue weighted by Crippen LogP contribution is 2.06. The molecular weight excluding hydrogens is 194 g/mol. The van der Waals surface area contributed by atoms with Gasteiger partial charge in [0.25, 0.3) is 5.82 Å². The summed E-state index contributed by atoms with van der Waals surface area (Å²) in [5.74, 6) is -1.42. The first-order valence-electron chi connectivity index (χ1n) is 3.19. The van der Waals surface area contributed by atoms with Crippen molar-refractivity contribution in [1.82, 2.24) is 25.0 Å². The van der Waals surface area contributed by atoms with Gasteiger partial charge in [-0.15, -0.1) is 15.3 Å². The second-order valence-electron chi connectivity index (χ2n) is 2.04. The first kappa shape index (κ1) is 7.80. The summed E-state index contributed by atoms with van der Waals surface area (Å²) in [6.07, 6.45) is 1.28. The minimum absolute atomic E-state index is 0.254. The van der Waals surface area contributed by atoms with Crippen LogP contribution in [-0.4, -0.2) is 36.0 Å². The summed E-state index contributed by atoms with van der Waals surface area (Å²) in [4.78, 5) is 14.0. The molecule has 0 saturated carbocycles. The molecule has 2 heterocycles. The molecule has 0 aromatic carbocycles. The van der Waals surface area contributed by atoms with Gasteiger partial charge in [-0.2, -0.15) is 4.68 Å². The number of hydrogen-bond donors (Lipinski definition) is 1. The molecule has 0 fully saturated rings. The molecule has 0 saturated heterocycles. The van der Waals surface area contributed by atoms with Gasteiger partial charge in [0.15, 0.2) is 0 Å². The zero-order valence-corrected chi connectivity index (χ0v) is 6.97. The molecule has 66 valence electrons. The Bertz CT molecular complexity index is 422. The SMILES string of the molecule is O=C(O)c1ncn(-c2nncs2)n1. The molecule has 0 bridgehead atoms. The van der Waals surface area contributed by atoms with Crippen LogP contribution in [0.3, 0.4) is 0 Å². The van der Waals surface area contributed by atoms with Crippen LogP contribution in [0.15, 0.2) is 11.8 Å². The average molecular weight is 197 g/mol. The monoisotopic (exact) mass is 197 g/mol. The molecule has 0 amide bonds. The standard InChI is InChI=1S/C5H3N5O2S/c11-4(12)3-6-1-10(9-3)5-8-7-2-13-5/h1-2H,(H,11,12). The fourth-order valence-corrected chi connectivity index (χ4v) is 1.20. The number of carbonyl (C=O) groups is 1. The molecule has 0 unspecified atom stereocenters. The van der Waals surface area contributed by atoms with Crippen molar-refractivity contribution in [3.8, 4) is 5.13 Å². The third-order valence-electron chi connectivity index (χ3n) is 1.23. The third kappa shape index (κ3) is 1.38. The van der Waals surface area contributed by atoms with Crippen LogP contribution < -0.4 is 0 Å². The maximum atomic E-state index is 10.4. The first-order valence-corrected chi connectivity index (χ1v) is 4.07. The molecule has 0 radical (unpaired) electrons. The second kappa shape index (κ2) is 2.90. The minimum Gasteiger partial charge on any atom is -0.475 e. The summed E-state index contributed by atoms with van der Waals surface area (Å²) in [6.45, 7) is 0. The maximum Gasteiger partial charge on any atom is 0.375 e. The molecule has 1 N–H and O–H groups in total. The van der Waals surface area contributed by atoms with Gasteiger partial charge in [-0.3, -0.25) is 0 Å². The van der Waals surface area contributed by atoms with Crippen LogP contribution in [0.25, 0.3) is 5.13 Å². The van der Waals surface area contributed by atoms with Crippen LogP contribution in [-0.2, 0) is 0 Å². The summed E-state index contributed by atoms with van der Waals surface area (Å²) in [7, 11) is 0. The maximum absolute atomic E-state index is 10.4. The van der Waals surface area contributed by atoms with Crippen LogP contribution in [0, 0.1) is 0 Å². The van der Waals surface area contributed by atoms with Crippen LogP contribution >= 0.6 is 11.3 Å². The summed E-state index contributed by atoms with van der Waals surface area (Å²) < 4.78 is 1.26. The Morgan fingerprint density at radius 1 is 1.62 bits per heavy atom. The predicted molar refractivity (Wildman–Crippen MR) is 41.8 cm³/mol. The van der Waals surface area contributed by atoms with Gasteiger partial charge in [-0.05, 0) is 0 Å². The number of hydrogen-bond acceptors (Lipinski definition) is 6. The summed E-state index contributed by atoms with van der Waals surface area (Å²) in [5, 5.41) is 20.0. The predicted octanol–water partition coefficient (Wildman–Crippen LogP) is -0.183. The van der Waals surface area contributed by atoms with Crippen LogP contribution in [0.5, 0.6) is 0 Å². The van der Waals surface area contributed by atoms with Gasteiger partial charge in [-0.1, -0.05) is 11.3 Å². The van der Waals surface area contributed by atoms with Crippen molar-refractivity contribution in [2.45, 2.75) is 0 Å². The van der Waals surface area contributed by atoms with Crippen molar-refractivity contribution in [3.63, 3.8) is 0 Å². The van der Waals surface area contributed by atoms with E-state index in [2.05, 4.69) is 20.3 Å². The lowest BCUT2D eigenvalue weighted by molar-refractivity contribution is 0.0683. The number of aromatic nitrogens is 5. The Kier molecular flexibility index (Phi) is 1.74. The van der Waals surface area contributed by atoms with E-state index >= 15 is 0 Å². The van der Waals surface area contributed by atoms with Crippen molar-refractivity contribution in [2.24, 2.45) is 0 Å². The van der Waals surface area contributed by atoms with E-state index in [0.717, 1.165) is 0 Å². The normalized spacial score (nSPS) is 10.2. The molecule has 2 aromatic rings. The summed E-state index contributed by atoms with van der Waals surface area (Å²) >= 11 is 1.25. The molecule has 2 aromatic heterocycles. The van der Waals surface area contributed by atoms with E-state index in [1.54, 1.807) is 0 Å². The van der Waals surface area contributed by atoms with E-state index in [1.807, 2.05) is 0 Å². The van der Waals surface area contributed by atoms with Gasteiger partial charge < -0.3 is 5.11 Å². The zero-order chi connectivity index (χ0) is 9.26. The van der Waals surface area contributed by atoms with E-state index in [0.29, 0.717) is 5.13 Å². The highest BCUT2D eigenvalue weighted by molar-refractivity contribution is 7.11. The third-order valence-corrected chi connectivity index (χ3v) is 1.91. The molecule has 13 heavy (non-hydrogen) atoms. The van der Waals surface area contributed by atoms with E-state index in [9.17, 15) is 4.79 Å². The van der Waals surface area contributed by atoms with Crippen molar-refractivity contribution in [2.75, 3.05) is 0 Å². The zero-order valence-electron chi connectivity index (χ0n) is 6.15.